The molecule has 0 unspecified atom stereocenters. The number of carboxylic acid groups (broad SMARTS) is 1. The first-order valence-electron chi connectivity index (χ1n) is 4.51. The Labute approximate surface area is 98.8 Å². The lowest BCUT2D eigenvalue weighted by atomic mass is 10.2. The van der Waals surface area contributed by atoms with Crippen LogP contribution in [0.15, 0.2) is 10.7 Å². The van der Waals surface area contributed by atoms with Gasteiger partial charge in [0.05, 0.1) is 24.9 Å². The predicted molar refractivity (Wildman–Crippen MR) is 57.1 cm³/mol. The van der Waals surface area contributed by atoms with Crippen LogP contribution in [0.3, 0.4) is 0 Å². The van der Waals surface area contributed by atoms with Crippen LogP contribution < -0.4 is 5.32 Å². The summed E-state index contributed by atoms with van der Waals surface area (Å²) in [7, 11) is 0. The number of rotatable bonds is 3. The molecule has 0 aromatic carbocycles. The summed E-state index contributed by atoms with van der Waals surface area (Å²) in [4.78, 5) is 14.5. The number of aromatic carboxylic acids is 1. The minimum Gasteiger partial charge on any atom is -0.476 e. The third kappa shape index (κ3) is 2.14. The van der Waals surface area contributed by atoms with E-state index in [9.17, 15) is 9.18 Å². The first kappa shape index (κ1) is 11.3. The molecule has 0 atom stereocenters. The Morgan fingerprint density at radius 1 is 1.69 bits per heavy atom. The van der Waals surface area contributed by atoms with E-state index in [1.54, 1.807) is 0 Å². The van der Waals surface area contributed by atoms with E-state index in [1.165, 1.54) is 0 Å². The Bertz CT molecular complexity index is 437. The first-order valence-corrected chi connectivity index (χ1v) is 5.31. The number of hydrogen-bond acceptors (Lipinski definition) is 4. The van der Waals surface area contributed by atoms with E-state index in [0.29, 0.717) is 13.2 Å². The van der Waals surface area contributed by atoms with Crippen molar-refractivity contribution < 1.29 is 19.0 Å². The van der Waals surface area contributed by atoms with Crippen LogP contribution in [0, 0.1) is 5.82 Å². The smallest absolute Gasteiger partial charge is 0.356 e. The average Bonchev–Trinajstić information content (AvgIpc) is 2.16. The molecule has 1 fully saturated rings. The lowest BCUT2D eigenvalue weighted by Gasteiger charge is -2.28. The molecule has 1 aliphatic heterocycles. The molecule has 0 radical (unpaired) electrons. The summed E-state index contributed by atoms with van der Waals surface area (Å²) in [6.07, 6.45) is 0. The quantitative estimate of drug-likeness (QED) is 0.826. The standard InChI is InChI=1S/C9H8BrFN2O3/c10-8-5(11)1-6(7(13-8)9(14)15)12-4-2-16-3-4/h1,4,12H,2-3H2,(H,14,15). The summed E-state index contributed by atoms with van der Waals surface area (Å²) in [6.45, 7) is 0.966. The van der Waals surface area contributed by atoms with Crippen LogP contribution in [0.5, 0.6) is 0 Å². The van der Waals surface area contributed by atoms with Crippen LogP contribution in [-0.4, -0.2) is 35.3 Å². The minimum absolute atomic E-state index is 0.0143. The fourth-order valence-corrected chi connectivity index (χ4v) is 1.57. The molecule has 2 heterocycles. The highest BCUT2D eigenvalue weighted by molar-refractivity contribution is 9.10. The molecule has 1 aromatic rings. The number of halogens is 2. The Morgan fingerprint density at radius 2 is 2.38 bits per heavy atom. The van der Waals surface area contributed by atoms with Gasteiger partial charge in [-0.3, -0.25) is 0 Å². The van der Waals surface area contributed by atoms with Crippen molar-refractivity contribution in [1.82, 2.24) is 4.98 Å². The first-order chi connectivity index (χ1) is 7.58. The van der Waals surface area contributed by atoms with Crippen LogP contribution in [0.25, 0.3) is 0 Å². The SMILES string of the molecule is O=C(O)c1nc(Br)c(F)cc1NC1COC1. The molecule has 5 nitrogen and oxygen atoms in total. The highest BCUT2D eigenvalue weighted by Gasteiger charge is 2.22. The average molecular weight is 291 g/mol. The molecule has 7 heteroatoms. The van der Waals surface area contributed by atoms with Crippen molar-refractivity contribution in [2.24, 2.45) is 0 Å². The Morgan fingerprint density at radius 3 is 2.88 bits per heavy atom. The van der Waals surface area contributed by atoms with E-state index in [0.717, 1.165) is 6.07 Å². The number of pyridine rings is 1. The molecule has 2 rings (SSSR count). The van der Waals surface area contributed by atoms with Crippen molar-refractivity contribution >= 4 is 27.6 Å². The van der Waals surface area contributed by atoms with Crippen LogP contribution >= 0.6 is 15.9 Å². The van der Waals surface area contributed by atoms with Gasteiger partial charge in [0, 0.05) is 6.07 Å². The number of ether oxygens (including phenoxy) is 1. The van der Waals surface area contributed by atoms with Gasteiger partial charge in [-0.05, 0) is 15.9 Å². The minimum atomic E-state index is -1.21. The van der Waals surface area contributed by atoms with Gasteiger partial charge in [0.25, 0.3) is 0 Å². The summed E-state index contributed by atoms with van der Waals surface area (Å²) in [5.74, 6) is -1.81. The van der Waals surface area contributed by atoms with Gasteiger partial charge in [-0.1, -0.05) is 0 Å². The predicted octanol–water partition coefficient (Wildman–Crippen LogP) is 1.49. The summed E-state index contributed by atoms with van der Waals surface area (Å²) in [5.41, 5.74) is -0.0401. The second-order valence-corrected chi connectivity index (χ2v) is 4.09. The van der Waals surface area contributed by atoms with Crippen LogP contribution in [0.2, 0.25) is 0 Å². The van der Waals surface area contributed by atoms with E-state index in [1.807, 2.05) is 0 Å². The number of carboxylic acids is 1. The van der Waals surface area contributed by atoms with Crippen molar-refractivity contribution in [2.45, 2.75) is 6.04 Å². The largest absolute Gasteiger partial charge is 0.476 e. The van der Waals surface area contributed by atoms with Gasteiger partial charge >= 0.3 is 5.97 Å². The second-order valence-electron chi connectivity index (χ2n) is 3.34. The van der Waals surface area contributed by atoms with Gasteiger partial charge in [0.15, 0.2) is 11.5 Å². The summed E-state index contributed by atoms with van der Waals surface area (Å²) in [5, 5.41) is 11.8. The molecule has 1 aromatic heterocycles. The maximum Gasteiger partial charge on any atom is 0.356 e. The monoisotopic (exact) mass is 290 g/mol. The number of carbonyl (C=O) groups is 1. The maximum absolute atomic E-state index is 13.2. The zero-order chi connectivity index (χ0) is 11.7. The molecule has 1 aliphatic rings. The van der Waals surface area contributed by atoms with Gasteiger partial charge < -0.3 is 15.2 Å². The summed E-state index contributed by atoms with van der Waals surface area (Å²) in [6, 6.07) is 1.12. The molecule has 0 bridgehead atoms. The zero-order valence-electron chi connectivity index (χ0n) is 8.04. The van der Waals surface area contributed by atoms with E-state index < -0.39 is 11.8 Å². The molecule has 86 valence electrons. The van der Waals surface area contributed by atoms with Gasteiger partial charge in [-0.2, -0.15) is 0 Å². The Hall–Kier alpha value is -1.21. The van der Waals surface area contributed by atoms with Gasteiger partial charge in [-0.15, -0.1) is 0 Å². The number of hydrogen-bond donors (Lipinski definition) is 2. The number of nitrogens with one attached hydrogen (secondary N) is 1. The van der Waals surface area contributed by atoms with Crippen molar-refractivity contribution in [1.29, 1.82) is 0 Å². The fourth-order valence-electron chi connectivity index (χ4n) is 1.28. The summed E-state index contributed by atoms with van der Waals surface area (Å²) < 4.78 is 18.0. The van der Waals surface area contributed by atoms with Crippen LogP contribution in [-0.2, 0) is 4.74 Å². The van der Waals surface area contributed by atoms with Gasteiger partial charge in [-0.25, -0.2) is 14.2 Å². The lowest BCUT2D eigenvalue weighted by Crippen LogP contribution is -2.40. The molecule has 0 spiro atoms. The third-order valence-electron chi connectivity index (χ3n) is 2.13. The maximum atomic E-state index is 13.2. The second kappa shape index (κ2) is 4.34. The molecule has 16 heavy (non-hydrogen) atoms. The van der Waals surface area contributed by atoms with Crippen molar-refractivity contribution in [2.75, 3.05) is 18.5 Å². The topological polar surface area (TPSA) is 71.5 Å². The van der Waals surface area contributed by atoms with Gasteiger partial charge in [0.1, 0.15) is 4.60 Å². The van der Waals surface area contributed by atoms with E-state index in [4.69, 9.17) is 9.84 Å². The highest BCUT2D eigenvalue weighted by atomic mass is 79.9. The number of anilines is 1. The Kier molecular flexibility index (Phi) is 3.06. The van der Waals surface area contributed by atoms with E-state index in [-0.39, 0.29) is 22.0 Å². The van der Waals surface area contributed by atoms with E-state index in [2.05, 4.69) is 26.2 Å². The molecular weight excluding hydrogens is 283 g/mol. The highest BCUT2D eigenvalue weighted by Crippen LogP contribution is 2.22. The molecular formula is C9H8BrFN2O3. The third-order valence-corrected chi connectivity index (χ3v) is 2.69. The van der Waals surface area contributed by atoms with Crippen LogP contribution in [0.1, 0.15) is 10.5 Å². The molecule has 2 N–H and O–H groups in total. The van der Waals surface area contributed by atoms with Crippen molar-refractivity contribution in [3.05, 3.63) is 22.2 Å². The lowest BCUT2D eigenvalue weighted by molar-refractivity contribution is 0.0210. The molecule has 0 saturated carbocycles. The molecule has 0 aliphatic carbocycles. The zero-order valence-corrected chi connectivity index (χ0v) is 9.62. The summed E-state index contributed by atoms with van der Waals surface area (Å²) >= 11 is 2.84. The Balaban J connectivity index is 2.32. The molecule has 0 amide bonds. The van der Waals surface area contributed by atoms with Crippen molar-refractivity contribution in [3.8, 4) is 0 Å². The van der Waals surface area contributed by atoms with E-state index >= 15 is 0 Å². The molecule has 1 saturated heterocycles. The number of aromatic nitrogens is 1. The number of nitrogens with zero attached hydrogens (tertiary/aromatic N) is 1. The van der Waals surface area contributed by atoms with Crippen LogP contribution in [0.4, 0.5) is 10.1 Å². The van der Waals surface area contributed by atoms with Gasteiger partial charge in [0.2, 0.25) is 0 Å². The fraction of sp³-hybridized carbons (Fsp3) is 0.333. The van der Waals surface area contributed by atoms with Crippen molar-refractivity contribution in [3.63, 3.8) is 0 Å². The normalized spacial score (nSPS) is 15.6.